The first-order chi connectivity index (χ1) is 15.7. The smallest absolute Gasteiger partial charge is 0.251 e. The van der Waals surface area contributed by atoms with Gasteiger partial charge in [-0.1, -0.05) is 11.8 Å². The number of thioether (sulfide) groups is 1. The number of fused-ring (bicyclic) bond motifs is 1. The van der Waals surface area contributed by atoms with Gasteiger partial charge in [-0.25, -0.2) is 4.39 Å². The van der Waals surface area contributed by atoms with Crippen molar-refractivity contribution in [3.63, 3.8) is 0 Å². The quantitative estimate of drug-likeness (QED) is 0.525. The van der Waals surface area contributed by atoms with Crippen molar-refractivity contribution in [2.45, 2.75) is 30.3 Å². The lowest BCUT2D eigenvalue weighted by molar-refractivity contribution is 0.291. The Hall–Kier alpha value is -1.84. The van der Waals surface area contributed by atoms with Crippen molar-refractivity contribution in [1.29, 1.82) is 0 Å². The van der Waals surface area contributed by atoms with Gasteiger partial charge in [0.25, 0.3) is 5.56 Å². The monoisotopic (exact) mass is 524 g/mol. The van der Waals surface area contributed by atoms with E-state index in [1.54, 1.807) is 40.6 Å². The van der Waals surface area contributed by atoms with Gasteiger partial charge in [0.15, 0.2) is 5.75 Å². The van der Waals surface area contributed by atoms with Crippen LogP contribution in [0.15, 0.2) is 46.2 Å². The highest BCUT2D eigenvalue weighted by molar-refractivity contribution is 7.99. The molecular weight excluding hydrogens is 498 g/mol. The Labute approximate surface area is 214 Å². The number of hydrogen-bond acceptors (Lipinski definition) is 6. The SMILES string of the molecule is Cl.Cl.O=c1ccc2ccc(F)c3c2n1CC3CN1CC[C@H](CNCc2cc3c(cn2)OCS3)C1. The number of likely N-dealkylation sites (tertiary alicyclic amines) is 1. The van der Waals surface area contributed by atoms with Crippen LogP contribution in [0.2, 0.25) is 0 Å². The van der Waals surface area contributed by atoms with Crippen LogP contribution in [0.3, 0.4) is 0 Å². The number of nitrogens with one attached hydrogen (secondary N) is 1. The van der Waals surface area contributed by atoms with Crippen molar-refractivity contribution in [3.05, 3.63) is 64.0 Å². The van der Waals surface area contributed by atoms with Crippen LogP contribution in [0.4, 0.5) is 4.39 Å². The Morgan fingerprint density at radius 1 is 1.21 bits per heavy atom. The van der Waals surface area contributed by atoms with Crippen LogP contribution in [0.1, 0.15) is 23.6 Å². The van der Waals surface area contributed by atoms with Crippen molar-refractivity contribution in [2.24, 2.45) is 5.92 Å². The van der Waals surface area contributed by atoms with Gasteiger partial charge in [-0.15, -0.1) is 24.8 Å². The Kier molecular flexibility index (Phi) is 7.74. The second kappa shape index (κ2) is 10.4. The zero-order chi connectivity index (χ0) is 21.7. The molecule has 1 unspecified atom stereocenters. The number of rotatable bonds is 6. The number of benzene rings is 1. The molecule has 0 radical (unpaired) electrons. The maximum absolute atomic E-state index is 14.7. The average Bonchev–Trinajstić information content (AvgIpc) is 3.52. The van der Waals surface area contributed by atoms with Crippen LogP contribution < -0.4 is 15.6 Å². The molecule has 5 heterocycles. The Morgan fingerprint density at radius 2 is 2.06 bits per heavy atom. The summed E-state index contributed by atoms with van der Waals surface area (Å²) in [7, 11) is 0. The van der Waals surface area contributed by atoms with Crippen LogP contribution >= 0.6 is 36.6 Å². The minimum atomic E-state index is -0.192. The molecule has 10 heteroatoms. The maximum Gasteiger partial charge on any atom is 0.251 e. The zero-order valence-corrected chi connectivity index (χ0v) is 21.0. The Balaban J connectivity index is 0.00000137. The molecule has 182 valence electrons. The van der Waals surface area contributed by atoms with Crippen molar-refractivity contribution in [3.8, 4) is 5.75 Å². The zero-order valence-electron chi connectivity index (χ0n) is 18.5. The second-order valence-corrected chi connectivity index (χ2v) is 9.92. The molecule has 0 spiro atoms. The van der Waals surface area contributed by atoms with Gasteiger partial charge in [-0.05, 0) is 55.1 Å². The molecule has 1 N–H and O–H groups in total. The maximum atomic E-state index is 14.7. The molecule has 0 amide bonds. The van der Waals surface area contributed by atoms with Crippen LogP contribution in [0, 0.1) is 11.7 Å². The summed E-state index contributed by atoms with van der Waals surface area (Å²) in [5.41, 5.74) is 2.49. The molecule has 1 saturated heterocycles. The van der Waals surface area contributed by atoms with Gasteiger partial charge in [-0.3, -0.25) is 9.78 Å². The minimum absolute atomic E-state index is 0. The molecule has 6 nitrogen and oxygen atoms in total. The van der Waals surface area contributed by atoms with Gasteiger partial charge in [0, 0.05) is 43.7 Å². The molecule has 6 rings (SSSR count). The topological polar surface area (TPSA) is 59.4 Å². The molecular formula is C24H27Cl2FN4O2S. The highest BCUT2D eigenvalue weighted by Gasteiger charge is 2.32. The summed E-state index contributed by atoms with van der Waals surface area (Å²) in [6, 6.07) is 8.81. The number of halogens is 3. The summed E-state index contributed by atoms with van der Waals surface area (Å²) < 4.78 is 22.0. The molecule has 3 aromatic rings. The van der Waals surface area contributed by atoms with Gasteiger partial charge in [0.2, 0.25) is 0 Å². The molecule has 34 heavy (non-hydrogen) atoms. The predicted octanol–water partition coefficient (Wildman–Crippen LogP) is 4.03. The molecule has 0 bridgehead atoms. The van der Waals surface area contributed by atoms with E-state index < -0.39 is 0 Å². The van der Waals surface area contributed by atoms with Crippen LogP contribution in [0.5, 0.6) is 5.75 Å². The summed E-state index contributed by atoms with van der Waals surface area (Å²) in [5.74, 6) is 1.95. The van der Waals surface area contributed by atoms with Crippen molar-refractivity contribution >= 4 is 47.5 Å². The molecule has 0 aliphatic carbocycles. The van der Waals surface area contributed by atoms with Crippen molar-refractivity contribution in [2.75, 3.05) is 32.1 Å². The van der Waals surface area contributed by atoms with Gasteiger partial charge in [-0.2, -0.15) is 0 Å². The third-order valence-corrected chi connectivity index (χ3v) is 7.72. The molecule has 3 aliphatic heterocycles. The first-order valence-electron chi connectivity index (χ1n) is 11.2. The summed E-state index contributed by atoms with van der Waals surface area (Å²) in [4.78, 5) is 20.4. The molecule has 1 fully saturated rings. The van der Waals surface area contributed by atoms with Gasteiger partial charge in [0.1, 0.15) is 11.8 Å². The van der Waals surface area contributed by atoms with Crippen LogP contribution in [0.25, 0.3) is 10.9 Å². The van der Waals surface area contributed by atoms with Crippen molar-refractivity contribution < 1.29 is 9.13 Å². The van der Waals surface area contributed by atoms with E-state index in [0.717, 1.165) is 61.5 Å². The predicted molar refractivity (Wildman–Crippen MR) is 137 cm³/mol. The second-order valence-electron chi connectivity index (χ2n) is 8.95. The third-order valence-electron chi connectivity index (χ3n) is 6.85. The van der Waals surface area contributed by atoms with E-state index in [9.17, 15) is 9.18 Å². The number of pyridine rings is 2. The molecule has 2 atom stereocenters. The fraction of sp³-hybridized carbons (Fsp3) is 0.417. The number of ether oxygens (including phenoxy) is 1. The van der Waals surface area contributed by atoms with Crippen LogP contribution in [-0.2, 0) is 13.1 Å². The average molecular weight is 525 g/mol. The molecule has 3 aliphatic rings. The standard InChI is InChI=1S/C24H25FN4O2S.2ClH/c25-19-3-1-16-2-4-22(30)29-13-17(23(19)24(16)29)12-28-6-5-15(11-28)8-26-9-18-7-21-20(10-27-18)31-14-32-21;;/h1-4,7,10,15,17,26H,5-6,8-9,11-14H2;2*1H/t15-,17?;;/m1../s1. The van der Waals surface area contributed by atoms with E-state index in [1.807, 2.05) is 6.20 Å². The highest BCUT2D eigenvalue weighted by atomic mass is 35.5. The van der Waals surface area contributed by atoms with Gasteiger partial charge in [0.05, 0.1) is 22.3 Å². The van der Waals surface area contributed by atoms with E-state index >= 15 is 0 Å². The fourth-order valence-corrected chi connectivity index (χ4v) is 6.11. The van der Waals surface area contributed by atoms with E-state index in [0.29, 0.717) is 24.0 Å². The lowest BCUT2D eigenvalue weighted by Gasteiger charge is -2.21. The number of nitrogens with zero attached hydrogens (tertiary/aromatic N) is 3. The minimum Gasteiger partial charge on any atom is -0.480 e. The van der Waals surface area contributed by atoms with E-state index in [1.165, 1.54) is 4.90 Å². The fourth-order valence-electron chi connectivity index (χ4n) is 5.33. The number of hydrogen-bond donors (Lipinski definition) is 1. The first-order valence-corrected chi connectivity index (χ1v) is 12.1. The van der Waals surface area contributed by atoms with E-state index in [2.05, 4.69) is 21.3 Å². The summed E-state index contributed by atoms with van der Waals surface area (Å²) >= 11 is 1.71. The molecule has 0 saturated carbocycles. The Bertz CT molecular complexity index is 1260. The normalized spacial score (nSPS) is 20.6. The lowest BCUT2D eigenvalue weighted by atomic mass is 9.98. The van der Waals surface area contributed by atoms with Gasteiger partial charge >= 0.3 is 0 Å². The van der Waals surface area contributed by atoms with E-state index in [4.69, 9.17) is 4.74 Å². The van der Waals surface area contributed by atoms with Crippen LogP contribution in [-0.4, -0.2) is 46.6 Å². The lowest BCUT2D eigenvalue weighted by Crippen LogP contribution is -2.30. The molecule has 1 aromatic carbocycles. The van der Waals surface area contributed by atoms with Crippen molar-refractivity contribution in [1.82, 2.24) is 19.8 Å². The highest BCUT2D eigenvalue weighted by Crippen LogP contribution is 2.36. The van der Waals surface area contributed by atoms with E-state index in [-0.39, 0.29) is 42.1 Å². The molecule has 2 aromatic heterocycles. The van der Waals surface area contributed by atoms with Gasteiger partial charge < -0.3 is 19.5 Å². The first kappa shape index (κ1) is 25.3. The summed E-state index contributed by atoms with van der Waals surface area (Å²) in [5, 5.41) is 4.49. The largest absolute Gasteiger partial charge is 0.480 e. The number of aromatic nitrogens is 2. The third kappa shape index (κ3) is 4.66. The Morgan fingerprint density at radius 3 is 2.94 bits per heavy atom. The summed E-state index contributed by atoms with van der Waals surface area (Å²) in [6.07, 6.45) is 2.94. The summed E-state index contributed by atoms with van der Waals surface area (Å²) in [6.45, 7) is 5.05.